The van der Waals surface area contributed by atoms with Crippen molar-refractivity contribution in [3.63, 3.8) is 0 Å². The number of nitrogens with one attached hydrogen (secondary N) is 2. The van der Waals surface area contributed by atoms with E-state index in [0.717, 1.165) is 24.1 Å². The Labute approximate surface area is 151 Å². The second-order valence-corrected chi connectivity index (χ2v) is 6.50. The molecule has 1 aromatic heterocycles. The molecule has 1 aliphatic rings. The third-order valence-electron chi connectivity index (χ3n) is 4.27. The van der Waals surface area contributed by atoms with Crippen molar-refractivity contribution in [2.45, 2.75) is 31.8 Å². The molecule has 1 amide bonds. The Morgan fingerprint density at radius 2 is 1.81 bits per heavy atom. The maximum atomic E-state index is 12.0. The summed E-state index contributed by atoms with van der Waals surface area (Å²) in [5.74, 6) is 0.997. The van der Waals surface area contributed by atoms with Crippen LogP contribution in [-0.2, 0) is 0 Å². The lowest BCUT2D eigenvalue weighted by atomic mass is 10.2. The van der Waals surface area contributed by atoms with E-state index in [1.165, 1.54) is 0 Å². The minimum Gasteiger partial charge on any atom is -0.418 e. The molecule has 2 aromatic carbocycles. The van der Waals surface area contributed by atoms with Crippen LogP contribution in [0.2, 0.25) is 0 Å². The third-order valence-corrected chi connectivity index (χ3v) is 4.27. The summed E-state index contributed by atoms with van der Waals surface area (Å²) in [6.07, 6.45) is 2.16. The highest BCUT2D eigenvalue weighted by Crippen LogP contribution is 2.23. The zero-order valence-corrected chi connectivity index (χ0v) is 14.5. The van der Waals surface area contributed by atoms with Crippen LogP contribution in [0, 0.1) is 0 Å². The Bertz CT molecular complexity index is 886. The van der Waals surface area contributed by atoms with E-state index < -0.39 is 0 Å². The first kappa shape index (κ1) is 16.3. The van der Waals surface area contributed by atoms with Crippen LogP contribution in [0.3, 0.4) is 0 Å². The highest BCUT2D eigenvalue weighted by atomic mass is 16.4. The van der Waals surface area contributed by atoms with Gasteiger partial charge in [0.25, 0.3) is 5.91 Å². The molecule has 6 nitrogen and oxygen atoms in total. The lowest BCUT2D eigenvalue weighted by molar-refractivity contribution is 0.0951. The largest absolute Gasteiger partial charge is 0.418 e. The van der Waals surface area contributed by atoms with Crippen LogP contribution in [-0.4, -0.2) is 22.1 Å². The third kappa shape index (κ3) is 3.74. The fourth-order valence-electron chi connectivity index (χ4n) is 2.63. The summed E-state index contributed by atoms with van der Waals surface area (Å²) in [6, 6.07) is 17.3. The van der Waals surface area contributed by atoms with Crippen LogP contribution in [0.4, 0.5) is 5.69 Å². The number of hydrogen-bond donors (Lipinski definition) is 2. The van der Waals surface area contributed by atoms with Crippen molar-refractivity contribution in [2.75, 3.05) is 5.32 Å². The number of carbonyl (C=O) groups is 1. The molecule has 4 rings (SSSR count). The van der Waals surface area contributed by atoms with Crippen molar-refractivity contribution in [3.8, 4) is 11.5 Å². The van der Waals surface area contributed by atoms with Gasteiger partial charge in [0.2, 0.25) is 11.8 Å². The summed E-state index contributed by atoms with van der Waals surface area (Å²) < 4.78 is 5.77. The zero-order chi connectivity index (χ0) is 17.9. The molecule has 0 aliphatic heterocycles. The summed E-state index contributed by atoms with van der Waals surface area (Å²) in [6.45, 7) is 1.95. The van der Waals surface area contributed by atoms with Gasteiger partial charge in [-0.25, -0.2) is 0 Å². The fourth-order valence-corrected chi connectivity index (χ4v) is 2.63. The van der Waals surface area contributed by atoms with E-state index in [1.54, 1.807) is 0 Å². The molecule has 6 heteroatoms. The van der Waals surface area contributed by atoms with E-state index in [9.17, 15) is 4.79 Å². The number of anilines is 1. The van der Waals surface area contributed by atoms with Crippen LogP contribution < -0.4 is 10.6 Å². The van der Waals surface area contributed by atoms with Crippen LogP contribution in [0.5, 0.6) is 0 Å². The van der Waals surface area contributed by atoms with Crippen LogP contribution in [0.15, 0.2) is 59.0 Å². The molecular formula is C20H20N4O2. The lowest BCUT2D eigenvalue weighted by Crippen LogP contribution is -2.25. The number of carbonyl (C=O) groups excluding carboxylic acids is 1. The number of nitrogens with zero attached hydrogens (tertiary/aromatic N) is 2. The van der Waals surface area contributed by atoms with Gasteiger partial charge in [-0.05, 0) is 56.2 Å². The highest BCUT2D eigenvalue weighted by Gasteiger charge is 2.23. The van der Waals surface area contributed by atoms with Gasteiger partial charge >= 0.3 is 0 Å². The summed E-state index contributed by atoms with van der Waals surface area (Å²) in [5, 5.41) is 14.5. The van der Waals surface area contributed by atoms with E-state index in [-0.39, 0.29) is 11.9 Å². The fraction of sp³-hybridized carbons (Fsp3) is 0.250. The highest BCUT2D eigenvalue weighted by molar-refractivity contribution is 5.94. The van der Waals surface area contributed by atoms with Crippen LogP contribution in [0.25, 0.3) is 11.5 Å². The first-order valence-electron chi connectivity index (χ1n) is 8.75. The molecule has 1 atom stereocenters. The van der Waals surface area contributed by atoms with Gasteiger partial charge in [0.15, 0.2) is 0 Å². The first-order valence-corrected chi connectivity index (χ1v) is 8.75. The molecule has 3 aromatic rings. The predicted octanol–water partition coefficient (Wildman–Crippen LogP) is 3.80. The average Bonchev–Trinajstić information content (AvgIpc) is 3.34. The van der Waals surface area contributed by atoms with Crippen molar-refractivity contribution in [1.82, 2.24) is 15.5 Å². The van der Waals surface area contributed by atoms with E-state index in [0.29, 0.717) is 23.4 Å². The predicted molar refractivity (Wildman–Crippen MR) is 98.7 cm³/mol. The maximum absolute atomic E-state index is 12.0. The summed E-state index contributed by atoms with van der Waals surface area (Å²) in [4.78, 5) is 12.0. The minimum absolute atomic E-state index is 0.0171. The standard InChI is InChI=1S/C20H20N4O2/c1-13(19-23-24-20(26-19)15-5-3-2-4-6-15)21-16-9-7-14(8-10-16)18(25)22-17-11-12-17/h2-10,13,17,21H,11-12H2,1H3,(H,22,25). The Morgan fingerprint density at radius 3 is 2.50 bits per heavy atom. The number of rotatable bonds is 6. The lowest BCUT2D eigenvalue weighted by Gasteiger charge is -2.12. The molecule has 132 valence electrons. The van der Waals surface area contributed by atoms with Gasteiger partial charge in [0.05, 0.1) is 0 Å². The molecule has 1 aliphatic carbocycles. The number of amides is 1. The van der Waals surface area contributed by atoms with Crippen molar-refractivity contribution >= 4 is 11.6 Å². The van der Waals surface area contributed by atoms with E-state index in [1.807, 2.05) is 61.5 Å². The number of aromatic nitrogens is 2. The van der Waals surface area contributed by atoms with E-state index >= 15 is 0 Å². The molecule has 0 radical (unpaired) electrons. The molecule has 26 heavy (non-hydrogen) atoms. The smallest absolute Gasteiger partial charge is 0.251 e. The monoisotopic (exact) mass is 348 g/mol. The van der Waals surface area contributed by atoms with Crippen molar-refractivity contribution in [1.29, 1.82) is 0 Å². The normalized spacial score (nSPS) is 14.7. The molecule has 1 heterocycles. The number of benzene rings is 2. The van der Waals surface area contributed by atoms with Gasteiger partial charge in [-0.2, -0.15) is 0 Å². The number of hydrogen-bond acceptors (Lipinski definition) is 5. The van der Waals surface area contributed by atoms with Crippen LogP contribution in [0.1, 0.15) is 42.1 Å². The van der Waals surface area contributed by atoms with E-state index in [4.69, 9.17) is 4.42 Å². The van der Waals surface area contributed by atoms with Gasteiger partial charge in [0, 0.05) is 22.9 Å². The van der Waals surface area contributed by atoms with Crippen LogP contribution >= 0.6 is 0 Å². The van der Waals surface area contributed by atoms with Gasteiger partial charge in [-0.15, -0.1) is 10.2 Å². The van der Waals surface area contributed by atoms with Crippen molar-refractivity contribution < 1.29 is 9.21 Å². The Balaban J connectivity index is 1.40. The molecule has 1 fully saturated rings. The molecule has 0 spiro atoms. The maximum Gasteiger partial charge on any atom is 0.251 e. The van der Waals surface area contributed by atoms with Gasteiger partial charge in [-0.3, -0.25) is 4.79 Å². The quantitative estimate of drug-likeness (QED) is 0.708. The Hall–Kier alpha value is -3.15. The summed E-state index contributed by atoms with van der Waals surface area (Å²) in [7, 11) is 0. The molecule has 1 saturated carbocycles. The van der Waals surface area contributed by atoms with Crippen molar-refractivity contribution in [3.05, 3.63) is 66.1 Å². The summed E-state index contributed by atoms with van der Waals surface area (Å²) in [5.41, 5.74) is 2.45. The summed E-state index contributed by atoms with van der Waals surface area (Å²) >= 11 is 0. The minimum atomic E-state index is -0.147. The van der Waals surface area contributed by atoms with Crippen molar-refractivity contribution in [2.24, 2.45) is 0 Å². The molecule has 0 bridgehead atoms. The molecule has 1 unspecified atom stereocenters. The van der Waals surface area contributed by atoms with Gasteiger partial charge < -0.3 is 15.1 Å². The SMILES string of the molecule is CC(Nc1ccc(C(=O)NC2CC2)cc1)c1nnc(-c2ccccc2)o1. The van der Waals surface area contributed by atoms with Gasteiger partial charge in [0.1, 0.15) is 6.04 Å². The van der Waals surface area contributed by atoms with E-state index in [2.05, 4.69) is 20.8 Å². The Morgan fingerprint density at radius 1 is 1.08 bits per heavy atom. The average molecular weight is 348 g/mol. The Kier molecular flexibility index (Phi) is 4.39. The first-order chi connectivity index (χ1) is 12.7. The second kappa shape index (κ2) is 7.00. The topological polar surface area (TPSA) is 80.0 Å². The van der Waals surface area contributed by atoms with Gasteiger partial charge in [-0.1, -0.05) is 18.2 Å². The molecular weight excluding hydrogens is 328 g/mol. The molecule has 2 N–H and O–H groups in total. The molecule has 0 saturated heterocycles. The second-order valence-electron chi connectivity index (χ2n) is 6.50. The zero-order valence-electron chi connectivity index (χ0n) is 14.5.